The standard InChI is InChI=1S/C22H26N2O5S/c1-12-20(30-13(2)23-12)21(26)24-10-14-8-17(25)19(9-15(14)11-24)29-18-7-5-4-6-16(18)22(27)28-3/h4-7,14-15,17,19,25H,8-11H2,1-3H3/t14-,15+,17+,19+/m0/s1. The number of hydrogen-bond acceptors (Lipinski definition) is 7. The molecule has 4 rings (SSSR count). The van der Waals surface area contributed by atoms with Crippen LogP contribution in [0.1, 0.15) is 43.6 Å². The number of thiazole rings is 1. The molecule has 4 atom stereocenters. The number of aryl methyl sites for hydroxylation is 2. The Morgan fingerprint density at radius 2 is 1.87 bits per heavy atom. The second-order valence-corrected chi connectivity index (χ2v) is 9.26. The van der Waals surface area contributed by atoms with Gasteiger partial charge in [0.15, 0.2) is 0 Å². The largest absolute Gasteiger partial charge is 0.487 e. The average molecular weight is 431 g/mol. The number of likely N-dealkylation sites (tertiary alicyclic amines) is 1. The van der Waals surface area contributed by atoms with Gasteiger partial charge in [-0.2, -0.15) is 0 Å². The van der Waals surface area contributed by atoms with E-state index < -0.39 is 18.2 Å². The third-order valence-electron chi connectivity index (χ3n) is 6.04. The van der Waals surface area contributed by atoms with E-state index in [2.05, 4.69) is 4.98 Å². The van der Waals surface area contributed by atoms with Gasteiger partial charge in [0.1, 0.15) is 22.3 Å². The third kappa shape index (κ3) is 3.94. The summed E-state index contributed by atoms with van der Waals surface area (Å²) >= 11 is 1.43. The molecule has 8 heteroatoms. The Kier molecular flexibility index (Phi) is 5.79. The van der Waals surface area contributed by atoms with Gasteiger partial charge in [-0.15, -0.1) is 11.3 Å². The van der Waals surface area contributed by atoms with Crippen LogP contribution in [0.5, 0.6) is 5.75 Å². The summed E-state index contributed by atoms with van der Waals surface area (Å²) in [6.07, 6.45) is 0.116. The van der Waals surface area contributed by atoms with Crippen LogP contribution < -0.4 is 4.74 Å². The second kappa shape index (κ2) is 8.35. The molecule has 160 valence electrons. The van der Waals surface area contributed by atoms with Crippen molar-refractivity contribution in [2.24, 2.45) is 11.8 Å². The van der Waals surface area contributed by atoms with Crippen molar-refractivity contribution in [3.63, 3.8) is 0 Å². The van der Waals surface area contributed by atoms with Crippen LogP contribution in [0.15, 0.2) is 24.3 Å². The molecule has 1 N–H and O–H groups in total. The number of carbonyl (C=O) groups is 2. The monoisotopic (exact) mass is 430 g/mol. The number of amides is 1. The third-order valence-corrected chi connectivity index (χ3v) is 7.10. The number of aliphatic hydroxyl groups is 1. The molecule has 30 heavy (non-hydrogen) atoms. The maximum atomic E-state index is 13.0. The quantitative estimate of drug-likeness (QED) is 0.751. The van der Waals surface area contributed by atoms with Crippen molar-refractivity contribution in [3.05, 3.63) is 45.4 Å². The number of ether oxygens (including phenoxy) is 2. The first-order valence-electron chi connectivity index (χ1n) is 10.1. The van der Waals surface area contributed by atoms with E-state index in [1.165, 1.54) is 18.4 Å². The van der Waals surface area contributed by atoms with E-state index >= 15 is 0 Å². The normalized spacial score (nSPS) is 25.7. The van der Waals surface area contributed by atoms with Crippen LogP contribution in [0, 0.1) is 25.7 Å². The molecule has 2 heterocycles. The Hall–Kier alpha value is -2.45. The molecule has 0 spiro atoms. The first-order chi connectivity index (χ1) is 14.4. The van der Waals surface area contributed by atoms with Crippen molar-refractivity contribution < 1.29 is 24.2 Å². The van der Waals surface area contributed by atoms with Gasteiger partial charge in [0.25, 0.3) is 5.91 Å². The van der Waals surface area contributed by atoms with Crippen molar-refractivity contribution >= 4 is 23.2 Å². The molecule has 2 aliphatic rings. The Balaban J connectivity index is 1.46. The van der Waals surface area contributed by atoms with E-state index in [4.69, 9.17) is 9.47 Å². The zero-order valence-electron chi connectivity index (χ0n) is 17.3. The lowest BCUT2D eigenvalue weighted by Gasteiger charge is -2.35. The number of aromatic nitrogens is 1. The number of methoxy groups -OCH3 is 1. The molecular weight excluding hydrogens is 404 g/mol. The first-order valence-corrected chi connectivity index (χ1v) is 10.9. The number of benzene rings is 1. The van der Waals surface area contributed by atoms with Crippen molar-refractivity contribution in [3.8, 4) is 5.75 Å². The fourth-order valence-corrected chi connectivity index (χ4v) is 5.45. The van der Waals surface area contributed by atoms with Gasteiger partial charge >= 0.3 is 5.97 Å². The molecule has 0 bridgehead atoms. The highest BCUT2D eigenvalue weighted by atomic mass is 32.1. The molecule has 1 aromatic heterocycles. The Morgan fingerprint density at radius 1 is 1.17 bits per heavy atom. The minimum Gasteiger partial charge on any atom is -0.487 e. The molecule has 1 aliphatic heterocycles. The summed E-state index contributed by atoms with van der Waals surface area (Å²) in [5.41, 5.74) is 1.12. The first kappa shape index (κ1) is 20.8. The zero-order valence-corrected chi connectivity index (χ0v) is 18.1. The summed E-state index contributed by atoms with van der Waals surface area (Å²) < 4.78 is 10.9. The average Bonchev–Trinajstić information content (AvgIpc) is 3.29. The van der Waals surface area contributed by atoms with Crippen LogP contribution in [-0.4, -0.2) is 59.3 Å². The van der Waals surface area contributed by atoms with E-state index in [1.807, 2.05) is 18.7 Å². The smallest absolute Gasteiger partial charge is 0.341 e. The van der Waals surface area contributed by atoms with Gasteiger partial charge in [-0.1, -0.05) is 12.1 Å². The lowest BCUT2D eigenvalue weighted by Crippen LogP contribution is -2.42. The minimum absolute atomic E-state index is 0.0236. The van der Waals surface area contributed by atoms with Crippen LogP contribution in [0.4, 0.5) is 0 Å². The fraction of sp³-hybridized carbons (Fsp3) is 0.500. The fourth-order valence-electron chi connectivity index (χ4n) is 4.57. The van der Waals surface area contributed by atoms with Gasteiger partial charge in [-0.3, -0.25) is 4.79 Å². The highest BCUT2D eigenvalue weighted by Crippen LogP contribution is 2.39. The molecule has 1 aliphatic carbocycles. The number of para-hydroxylation sites is 1. The summed E-state index contributed by atoms with van der Waals surface area (Å²) in [4.78, 5) is 31.9. The molecule has 1 aromatic carbocycles. The second-order valence-electron chi connectivity index (χ2n) is 8.06. The van der Waals surface area contributed by atoms with E-state index in [0.29, 0.717) is 42.1 Å². The van der Waals surface area contributed by atoms with E-state index in [0.717, 1.165) is 10.7 Å². The van der Waals surface area contributed by atoms with Crippen molar-refractivity contribution in [1.82, 2.24) is 9.88 Å². The summed E-state index contributed by atoms with van der Waals surface area (Å²) in [7, 11) is 1.33. The summed E-state index contributed by atoms with van der Waals surface area (Å²) in [6, 6.07) is 6.89. The van der Waals surface area contributed by atoms with E-state index in [-0.39, 0.29) is 17.7 Å². The maximum Gasteiger partial charge on any atom is 0.341 e. The van der Waals surface area contributed by atoms with Gasteiger partial charge < -0.3 is 19.5 Å². The van der Waals surface area contributed by atoms with Crippen LogP contribution in [0.3, 0.4) is 0 Å². The zero-order chi connectivity index (χ0) is 21.4. The maximum absolute atomic E-state index is 13.0. The Bertz CT molecular complexity index is 959. The topological polar surface area (TPSA) is 89.0 Å². The van der Waals surface area contributed by atoms with Gasteiger partial charge in [0.2, 0.25) is 0 Å². The van der Waals surface area contributed by atoms with E-state index in [1.54, 1.807) is 24.3 Å². The highest BCUT2D eigenvalue weighted by molar-refractivity contribution is 7.13. The van der Waals surface area contributed by atoms with Crippen molar-refractivity contribution in [2.75, 3.05) is 20.2 Å². The number of esters is 1. The molecule has 1 saturated carbocycles. The molecule has 7 nitrogen and oxygen atoms in total. The highest BCUT2D eigenvalue weighted by Gasteiger charge is 2.44. The van der Waals surface area contributed by atoms with E-state index in [9.17, 15) is 14.7 Å². The minimum atomic E-state index is -0.653. The molecule has 2 fully saturated rings. The number of rotatable bonds is 4. The van der Waals surface area contributed by atoms with Crippen LogP contribution in [-0.2, 0) is 4.74 Å². The Labute approximate surface area is 179 Å². The SMILES string of the molecule is COC(=O)c1ccccc1O[C@@H]1C[C@@H]2CN(C(=O)c3sc(C)nc3C)C[C@@H]2C[C@H]1O. The van der Waals surface area contributed by atoms with Gasteiger partial charge in [0, 0.05) is 13.1 Å². The van der Waals surface area contributed by atoms with Crippen molar-refractivity contribution in [2.45, 2.75) is 38.9 Å². The molecule has 1 amide bonds. The predicted octanol–water partition coefficient (Wildman–Crippen LogP) is 2.84. The van der Waals surface area contributed by atoms with Gasteiger partial charge in [-0.25, -0.2) is 9.78 Å². The molecule has 2 aromatic rings. The number of hydrogen-bond donors (Lipinski definition) is 1. The summed E-state index contributed by atoms with van der Waals surface area (Å²) in [6.45, 7) is 5.06. The predicted molar refractivity (Wildman–Crippen MR) is 112 cm³/mol. The van der Waals surface area contributed by atoms with Crippen LogP contribution in [0.2, 0.25) is 0 Å². The lowest BCUT2D eigenvalue weighted by atomic mass is 9.78. The molecule has 1 saturated heterocycles. The van der Waals surface area contributed by atoms with Crippen LogP contribution >= 0.6 is 11.3 Å². The Morgan fingerprint density at radius 3 is 2.53 bits per heavy atom. The number of carbonyl (C=O) groups excluding carboxylic acids is 2. The van der Waals surface area contributed by atoms with Crippen LogP contribution in [0.25, 0.3) is 0 Å². The molecule has 0 radical (unpaired) electrons. The number of aliphatic hydroxyl groups excluding tert-OH is 1. The lowest BCUT2D eigenvalue weighted by molar-refractivity contribution is -0.0237. The number of nitrogens with zero attached hydrogens (tertiary/aromatic N) is 2. The number of fused-ring (bicyclic) bond motifs is 1. The van der Waals surface area contributed by atoms with Gasteiger partial charge in [-0.05, 0) is 50.7 Å². The van der Waals surface area contributed by atoms with Gasteiger partial charge in [0.05, 0.1) is 23.9 Å². The molecule has 0 unspecified atom stereocenters. The summed E-state index contributed by atoms with van der Waals surface area (Å²) in [5.74, 6) is 0.460. The summed E-state index contributed by atoms with van der Waals surface area (Å²) in [5, 5.41) is 11.6. The molecular formula is C22H26N2O5S. The van der Waals surface area contributed by atoms with Crippen molar-refractivity contribution in [1.29, 1.82) is 0 Å².